The zero-order valence-corrected chi connectivity index (χ0v) is 19.3. The molecule has 0 bridgehead atoms. The molecule has 0 spiro atoms. The number of amides is 1. The van der Waals surface area contributed by atoms with Gasteiger partial charge in [0.2, 0.25) is 0 Å². The highest BCUT2D eigenvalue weighted by Gasteiger charge is 2.25. The first-order valence-corrected chi connectivity index (χ1v) is 11.3. The maximum Gasteiger partial charge on any atom is 0.275 e. The molecule has 2 N–H and O–H groups in total. The molecule has 0 fully saturated rings. The molecule has 0 saturated carbocycles. The van der Waals surface area contributed by atoms with E-state index in [1.54, 1.807) is 29.9 Å². The molecule has 34 heavy (non-hydrogen) atoms. The standard InChI is InChI=1S/C26H26FN5O2/c1-15-14-31(10-8-19(15)18-4-6-21(29-13-18)25(33)28-3)16(2)17-5-7-23-22(12-17)30-26(34)24-20(27)9-11-32(23)24/h4-9,11-13,15-16H,10,14H2,1-3H3,(H,28,33)(H,30,34). The number of pyridine rings is 1. The van der Waals surface area contributed by atoms with E-state index in [0.717, 1.165) is 29.7 Å². The summed E-state index contributed by atoms with van der Waals surface area (Å²) in [4.78, 5) is 33.6. The Kier molecular flexibility index (Phi) is 5.53. The van der Waals surface area contributed by atoms with Crippen molar-refractivity contribution in [3.63, 3.8) is 0 Å². The van der Waals surface area contributed by atoms with Gasteiger partial charge >= 0.3 is 0 Å². The highest BCUT2D eigenvalue weighted by molar-refractivity contribution is 5.92. The summed E-state index contributed by atoms with van der Waals surface area (Å²) < 4.78 is 15.6. The van der Waals surface area contributed by atoms with Crippen molar-refractivity contribution in [3.05, 3.63) is 87.9 Å². The zero-order chi connectivity index (χ0) is 24.0. The number of aromatic nitrogens is 3. The second-order valence-corrected chi connectivity index (χ2v) is 8.81. The van der Waals surface area contributed by atoms with Gasteiger partial charge in [-0.1, -0.05) is 25.1 Å². The summed E-state index contributed by atoms with van der Waals surface area (Å²) in [5.41, 5.74) is 4.77. The minimum absolute atomic E-state index is 0.0358. The van der Waals surface area contributed by atoms with E-state index in [2.05, 4.69) is 40.1 Å². The summed E-state index contributed by atoms with van der Waals surface area (Å²) >= 11 is 0. The van der Waals surface area contributed by atoms with E-state index >= 15 is 0 Å². The number of fused-ring (bicyclic) bond motifs is 3. The minimum Gasteiger partial charge on any atom is -0.354 e. The molecule has 4 aromatic rings. The Bertz CT molecular complexity index is 1490. The molecule has 0 aliphatic carbocycles. The summed E-state index contributed by atoms with van der Waals surface area (Å²) in [7, 11) is 1.59. The number of rotatable bonds is 4. The molecule has 8 heteroatoms. The topological polar surface area (TPSA) is 82.5 Å². The predicted octanol–water partition coefficient (Wildman–Crippen LogP) is 3.77. The van der Waals surface area contributed by atoms with Gasteiger partial charge < -0.3 is 14.7 Å². The van der Waals surface area contributed by atoms with Crippen molar-refractivity contribution in [2.45, 2.75) is 19.9 Å². The van der Waals surface area contributed by atoms with Gasteiger partial charge in [0.1, 0.15) is 11.2 Å². The second kappa shape index (κ2) is 8.53. The molecule has 1 amide bonds. The number of aromatic amines is 1. The Balaban J connectivity index is 1.39. The Morgan fingerprint density at radius 3 is 2.79 bits per heavy atom. The summed E-state index contributed by atoms with van der Waals surface area (Å²) in [6, 6.07) is 11.1. The molecule has 0 radical (unpaired) electrons. The van der Waals surface area contributed by atoms with Crippen molar-refractivity contribution in [1.29, 1.82) is 0 Å². The summed E-state index contributed by atoms with van der Waals surface area (Å²) in [5.74, 6) is -0.438. The molecule has 174 valence electrons. The number of hydrogen-bond acceptors (Lipinski definition) is 4. The summed E-state index contributed by atoms with van der Waals surface area (Å²) in [6.45, 7) is 5.97. The molecular weight excluding hydrogens is 433 g/mol. The van der Waals surface area contributed by atoms with Crippen LogP contribution in [0.4, 0.5) is 4.39 Å². The zero-order valence-electron chi connectivity index (χ0n) is 19.3. The Labute approximate surface area is 195 Å². The maximum absolute atomic E-state index is 14.0. The summed E-state index contributed by atoms with van der Waals surface area (Å²) in [6.07, 6.45) is 5.56. The van der Waals surface area contributed by atoms with Crippen molar-refractivity contribution in [2.75, 3.05) is 20.1 Å². The third-order valence-corrected chi connectivity index (χ3v) is 6.75. The molecule has 1 aliphatic heterocycles. The fourth-order valence-corrected chi connectivity index (χ4v) is 4.83. The van der Waals surface area contributed by atoms with E-state index in [-0.39, 0.29) is 23.4 Å². The van der Waals surface area contributed by atoms with Crippen molar-refractivity contribution in [1.82, 2.24) is 24.6 Å². The molecule has 4 heterocycles. The van der Waals surface area contributed by atoms with E-state index in [0.29, 0.717) is 11.2 Å². The third kappa shape index (κ3) is 3.70. The Morgan fingerprint density at radius 1 is 1.26 bits per heavy atom. The SMILES string of the molecule is CNC(=O)c1ccc(C2=CCN(C(C)c3ccc4c(c3)[nH]c(=O)c3c(F)ccn34)CC2C)cn1. The van der Waals surface area contributed by atoms with Crippen LogP contribution in [0, 0.1) is 11.7 Å². The number of H-pyrrole nitrogens is 1. The lowest BCUT2D eigenvalue weighted by Gasteiger charge is -2.35. The number of carbonyl (C=O) groups excluding carboxylic acids is 1. The molecular formula is C26H26FN5O2. The molecule has 0 saturated heterocycles. The molecule has 7 nitrogen and oxygen atoms in total. The van der Waals surface area contributed by atoms with Crippen LogP contribution in [0.1, 0.15) is 41.5 Å². The first kappa shape index (κ1) is 22.0. The van der Waals surface area contributed by atoms with Gasteiger partial charge in [-0.15, -0.1) is 0 Å². The molecule has 2 atom stereocenters. The number of halogens is 1. The van der Waals surface area contributed by atoms with Crippen molar-refractivity contribution < 1.29 is 9.18 Å². The predicted molar refractivity (Wildman–Crippen MR) is 130 cm³/mol. The molecule has 3 aromatic heterocycles. The van der Waals surface area contributed by atoms with Crippen LogP contribution in [0.2, 0.25) is 0 Å². The lowest BCUT2D eigenvalue weighted by Crippen LogP contribution is -2.35. The van der Waals surface area contributed by atoms with E-state index < -0.39 is 11.4 Å². The van der Waals surface area contributed by atoms with Crippen LogP contribution in [-0.2, 0) is 0 Å². The monoisotopic (exact) mass is 459 g/mol. The molecule has 5 rings (SSSR count). The number of nitrogens with one attached hydrogen (secondary N) is 2. The van der Waals surface area contributed by atoms with Gasteiger partial charge in [-0.25, -0.2) is 4.39 Å². The van der Waals surface area contributed by atoms with E-state index in [4.69, 9.17) is 0 Å². The Morgan fingerprint density at radius 2 is 2.09 bits per heavy atom. The van der Waals surface area contributed by atoms with Gasteiger partial charge in [-0.2, -0.15) is 0 Å². The van der Waals surface area contributed by atoms with Crippen LogP contribution < -0.4 is 10.9 Å². The Hall–Kier alpha value is -3.78. The van der Waals surface area contributed by atoms with Gasteiger partial charge in [0.25, 0.3) is 11.5 Å². The van der Waals surface area contributed by atoms with Crippen LogP contribution in [-0.4, -0.2) is 45.3 Å². The first-order chi connectivity index (χ1) is 16.4. The smallest absolute Gasteiger partial charge is 0.275 e. The average Bonchev–Trinajstić information content (AvgIpc) is 3.25. The van der Waals surface area contributed by atoms with Gasteiger partial charge in [-0.05, 0) is 53.8 Å². The average molecular weight is 460 g/mol. The number of benzene rings is 1. The highest BCUT2D eigenvalue weighted by Crippen LogP contribution is 2.32. The number of carbonyl (C=O) groups is 1. The third-order valence-electron chi connectivity index (χ3n) is 6.75. The van der Waals surface area contributed by atoms with Gasteiger partial charge in [0.15, 0.2) is 5.82 Å². The van der Waals surface area contributed by atoms with Gasteiger partial charge in [-0.3, -0.25) is 19.5 Å². The largest absolute Gasteiger partial charge is 0.354 e. The maximum atomic E-state index is 14.0. The van der Waals surface area contributed by atoms with Crippen molar-refractivity contribution in [3.8, 4) is 0 Å². The van der Waals surface area contributed by atoms with Crippen LogP contribution in [0.5, 0.6) is 0 Å². The fraction of sp³-hybridized carbons (Fsp3) is 0.269. The van der Waals surface area contributed by atoms with E-state index in [9.17, 15) is 14.0 Å². The first-order valence-electron chi connectivity index (χ1n) is 11.3. The van der Waals surface area contributed by atoms with Gasteiger partial charge in [0.05, 0.1) is 11.0 Å². The molecule has 1 aromatic carbocycles. The second-order valence-electron chi connectivity index (χ2n) is 8.81. The fourth-order valence-electron chi connectivity index (χ4n) is 4.83. The van der Waals surface area contributed by atoms with E-state index in [1.807, 2.05) is 24.3 Å². The quantitative estimate of drug-likeness (QED) is 0.487. The number of hydrogen-bond donors (Lipinski definition) is 2. The summed E-state index contributed by atoms with van der Waals surface area (Å²) in [5, 5.41) is 2.59. The van der Waals surface area contributed by atoms with Crippen LogP contribution in [0.3, 0.4) is 0 Å². The lowest BCUT2D eigenvalue weighted by molar-refractivity contribution is 0.0958. The lowest BCUT2D eigenvalue weighted by atomic mass is 9.90. The normalized spacial score (nSPS) is 17.6. The highest BCUT2D eigenvalue weighted by atomic mass is 19.1. The van der Waals surface area contributed by atoms with E-state index in [1.165, 1.54) is 11.6 Å². The van der Waals surface area contributed by atoms with Crippen LogP contribution >= 0.6 is 0 Å². The molecule has 1 aliphatic rings. The minimum atomic E-state index is -0.524. The van der Waals surface area contributed by atoms with Gasteiger partial charge in [0, 0.05) is 38.6 Å². The van der Waals surface area contributed by atoms with Crippen LogP contribution in [0.15, 0.2) is 59.7 Å². The van der Waals surface area contributed by atoms with Crippen LogP contribution in [0.25, 0.3) is 22.1 Å². The molecule has 2 unspecified atom stereocenters. The van der Waals surface area contributed by atoms with Crippen molar-refractivity contribution in [2.24, 2.45) is 5.92 Å². The number of nitrogens with zero attached hydrogens (tertiary/aromatic N) is 3. The van der Waals surface area contributed by atoms with Crippen molar-refractivity contribution >= 4 is 28.0 Å².